The Morgan fingerprint density at radius 3 is 2.20 bits per heavy atom. The third kappa shape index (κ3) is 7.93. The summed E-state index contributed by atoms with van der Waals surface area (Å²) in [5.74, 6) is 1.67. The molecule has 3 amide bonds. The second kappa shape index (κ2) is 10.3. The molecule has 0 atom stereocenters. The zero-order valence-electron chi connectivity index (χ0n) is 19.1. The van der Waals surface area contributed by atoms with E-state index in [1.54, 1.807) is 9.80 Å². The van der Waals surface area contributed by atoms with Gasteiger partial charge in [0.25, 0.3) is 0 Å². The van der Waals surface area contributed by atoms with E-state index < -0.39 is 0 Å². The van der Waals surface area contributed by atoms with Crippen LogP contribution in [0.3, 0.4) is 0 Å². The van der Waals surface area contributed by atoms with Crippen LogP contribution in [-0.4, -0.2) is 40.4 Å². The molecule has 30 heavy (non-hydrogen) atoms. The first-order chi connectivity index (χ1) is 14.0. The van der Waals surface area contributed by atoms with E-state index in [1.807, 2.05) is 84.0 Å². The lowest BCUT2D eigenvalue weighted by atomic mass is 10.1. The molecule has 1 aromatic heterocycles. The molecule has 2 rings (SSSR count). The predicted octanol–water partition coefficient (Wildman–Crippen LogP) is 4.58. The lowest BCUT2D eigenvalue weighted by Gasteiger charge is -2.31. The summed E-state index contributed by atoms with van der Waals surface area (Å²) in [6, 6.07) is 13.4. The second-order valence-electron chi connectivity index (χ2n) is 9.20. The number of hydrogen-bond donors (Lipinski definition) is 1. The zero-order chi connectivity index (χ0) is 22.3. The SMILES string of the molecule is Cc1ccc(CN(Cc2ccccc2)C(=O)CN(CC(C)C)C(=O)NC(C)(C)C)o1. The molecule has 1 heterocycles. The summed E-state index contributed by atoms with van der Waals surface area (Å²) in [7, 11) is 0. The largest absolute Gasteiger partial charge is 0.464 e. The van der Waals surface area contributed by atoms with Crippen LogP contribution in [0.2, 0.25) is 0 Å². The highest BCUT2D eigenvalue weighted by Gasteiger charge is 2.25. The van der Waals surface area contributed by atoms with Crippen LogP contribution >= 0.6 is 0 Å². The van der Waals surface area contributed by atoms with Crippen molar-refractivity contribution in [3.8, 4) is 0 Å². The second-order valence-corrected chi connectivity index (χ2v) is 9.20. The number of carbonyl (C=O) groups is 2. The number of furan rings is 1. The fraction of sp³-hybridized carbons (Fsp3) is 0.500. The standard InChI is InChI=1S/C24H35N3O3/c1-18(2)14-27(23(29)25-24(4,5)6)17-22(28)26(15-20-10-8-7-9-11-20)16-21-13-12-19(3)30-21/h7-13,18H,14-17H2,1-6H3,(H,25,29). The summed E-state index contributed by atoms with van der Waals surface area (Å²) < 4.78 is 5.70. The van der Waals surface area contributed by atoms with Crippen LogP contribution in [-0.2, 0) is 17.9 Å². The Labute approximate surface area is 180 Å². The van der Waals surface area contributed by atoms with Gasteiger partial charge in [-0.25, -0.2) is 4.79 Å². The summed E-state index contributed by atoms with van der Waals surface area (Å²) in [6.07, 6.45) is 0. The average molecular weight is 414 g/mol. The number of hydrogen-bond acceptors (Lipinski definition) is 3. The number of rotatable bonds is 8. The number of nitrogens with zero attached hydrogens (tertiary/aromatic N) is 2. The Morgan fingerprint density at radius 1 is 1.00 bits per heavy atom. The van der Waals surface area contributed by atoms with Crippen molar-refractivity contribution in [3.63, 3.8) is 0 Å². The highest BCUT2D eigenvalue weighted by atomic mass is 16.3. The van der Waals surface area contributed by atoms with E-state index in [2.05, 4.69) is 5.32 Å². The van der Waals surface area contributed by atoms with Crippen LogP contribution in [0.4, 0.5) is 4.79 Å². The van der Waals surface area contributed by atoms with Crippen molar-refractivity contribution >= 4 is 11.9 Å². The first kappa shape index (κ1) is 23.5. The van der Waals surface area contributed by atoms with Crippen molar-refractivity contribution in [2.24, 2.45) is 5.92 Å². The van der Waals surface area contributed by atoms with Gasteiger partial charge < -0.3 is 19.5 Å². The minimum Gasteiger partial charge on any atom is -0.464 e. The summed E-state index contributed by atoms with van der Waals surface area (Å²) in [5, 5.41) is 2.97. The summed E-state index contributed by atoms with van der Waals surface area (Å²) in [4.78, 5) is 29.4. The first-order valence-electron chi connectivity index (χ1n) is 10.5. The Morgan fingerprint density at radius 2 is 1.67 bits per heavy atom. The van der Waals surface area contributed by atoms with Gasteiger partial charge in [0.1, 0.15) is 18.1 Å². The number of urea groups is 1. The molecule has 1 aromatic carbocycles. The van der Waals surface area contributed by atoms with Crippen LogP contribution in [0.15, 0.2) is 46.9 Å². The molecule has 2 aromatic rings. The van der Waals surface area contributed by atoms with Gasteiger partial charge in [0.15, 0.2) is 0 Å². The lowest BCUT2D eigenvalue weighted by Crippen LogP contribution is -2.52. The average Bonchev–Trinajstić information content (AvgIpc) is 3.04. The van der Waals surface area contributed by atoms with Gasteiger partial charge >= 0.3 is 6.03 Å². The van der Waals surface area contributed by atoms with E-state index in [9.17, 15) is 9.59 Å². The van der Waals surface area contributed by atoms with Gasteiger partial charge in [-0.3, -0.25) is 4.79 Å². The van der Waals surface area contributed by atoms with E-state index in [0.717, 1.165) is 17.1 Å². The molecule has 0 aliphatic carbocycles. The van der Waals surface area contributed by atoms with Gasteiger partial charge in [0.2, 0.25) is 5.91 Å². The summed E-state index contributed by atoms with van der Waals surface area (Å²) in [5.41, 5.74) is 0.661. The third-order valence-electron chi connectivity index (χ3n) is 4.39. The topological polar surface area (TPSA) is 65.8 Å². The molecule has 0 aliphatic heterocycles. The van der Waals surface area contributed by atoms with Crippen LogP contribution < -0.4 is 5.32 Å². The molecule has 1 N–H and O–H groups in total. The Bertz CT molecular complexity index is 822. The summed E-state index contributed by atoms with van der Waals surface area (Å²) in [6.45, 7) is 13.1. The van der Waals surface area contributed by atoms with Crippen molar-refractivity contribution in [1.82, 2.24) is 15.1 Å². The van der Waals surface area contributed by atoms with E-state index in [1.165, 1.54) is 0 Å². The van der Waals surface area contributed by atoms with Crippen molar-refractivity contribution < 1.29 is 14.0 Å². The van der Waals surface area contributed by atoms with Crippen LogP contribution in [0.1, 0.15) is 51.7 Å². The first-order valence-corrected chi connectivity index (χ1v) is 10.5. The normalized spacial score (nSPS) is 11.4. The van der Waals surface area contributed by atoms with Crippen molar-refractivity contribution in [3.05, 3.63) is 59.5 Å². The van der Waals surface area contributed by atoms with Gasteiger partial charge in [0.05, 0.1) is 6.54 Å². The molecule has 0 unspecified atom stereocenters. The quantitative estimate of drug-likeness (QED) is 0.689. The fourth-order valence-corrected chi connectivity index (χ4v) is 3.12. The minimum atomic E-state index is -0.370. The highest BCUT2D eigenvalue weighted by molar-refractivity contribution is 5.84. The predicted molar refractivity (Wildman–Crippen MR) is 119 cm³/mol. The van der Waals surface area contributed by atoms with E-state index >= 15 is 0 Å². The van der Waals surface area contributed by atoms with E-state index in [-0.39, 0.29) is 29.9 Å². The molecule has 164 valence electrons. The molecule has 0 saturated carbocycles. The Kier molecular flexibility index (Phi) is 8.09. The van der Waals surface area contributed by atoms with E-state index in [0.29, 0.717) is 19.6 Å². The van der Waals surface area contributed by atoms with Gasteiger partial charge in [-0.2, -0.15) is 0 Å². The number of benzene rings is 1. The van der Waals surface area contributed by atoms with Crippen molar-refractivity contribution in [1.29, 1.82) is 0 Å². The monoisotopic (exact) mass is 413 g/mol. The molecule has 6 nitrogen and oxygen atoms in total. The smallest absolute Gasteiger partial charge is 0.318 e. The molecule has 0 bridgehead atoms. The number of nitrogens with one attached hydrogen (secondary N) is 1. The van der Waals surface area contributed by atoms with Crippen LogP contribution in [0.25, 0.3) is 0 Å². The van der Waals surface area contributed by atoms with E-state index in [4.69, 9.17) is 4.42 Å². The molecule has 0 spiro atoms. The minimum absolute atomic E-state index is 0.0205. The number of aryl methyl sites for hydroxylation is 1. The molecule has 6 heteroatoms. The molecule has 0 radical (unpaired) electrons. The maximum Gasteiger partial charge on any atom is 0.318 e. The maximum absolute atomic E-state index is 13.3. The molecule has 0 saturated heterocycles. The summed E-state index contributed by atoms with van der Waals surface area (Å²) >= 11 is 0. The number of amides is 3. The molecular formula is C24H35N3O3. The van der Waals surface area contributed by atoms with Gasteiger partial charge in [-0.1, -0.05) is 44.2 Å². The van der Waals surface area contributed by atoms with Crippen LogP contribution in [0, 0.1) is 12.8 Å². The van der Waals surface area contributed by atoms with Gasteiger partial charge in [-0.15, -0.1) is 0 Å². The molecular weight excluding hydrogens is 378 g/mol. The Balaban J connectivity index is 2.19. The molecule has 0 fully saturated rings. The third-order valence-corrected chi connectivity index (χ3v) is 4.39. The lowest BCUT2D eigenvalue weighted by molar-refractivity contribution is -0.133. The fourth-order valence-electron chi connectivity index (χ4n) is 3.12. The highest BCUT2D eigenvalue weighted by Crippen LogP contribution is 2.14. The number of carbonyl (C=O) groups excluding carboxylic acids is 2. The Hall–Kier alpha value is -2.76. The van der Waals surface area contributed by atoms with Crippen molar-refractivity contribution in [2.45, 2.75) is 60.2 Å². The van der Waals surface area contributed by atoms with Gasteiger partial charge in [-0.05, 0) is 51.3 Å². The van der Waals surface area contributed by atoms with Crippen LogP contribution in [0.5, 0.6) is 0 Å². The molecule has 0 aliphatic rings. The van der Waals surface area contributed by atoms with Crippen molar-refractivity contribution in [2.75, 3.05) is 13.1 Å². The zero-order valence-corrected chi connectivity index (χ0v) is 19.1. The van der Waals surface area contributed by atoms with Gasteiger partial charge in [0, 0.05) is 18.6 Å². The maximum atomic E-state index is 13.3.